The molecule has 18 heavy (non-hydrogen) atoms. The quantitative estimate of drug-likeness (QED) is 0.465. The molecule has 7 nitrogen and oxygen atoms in total. The summed E-state index contributed by atoms with van der Waals surface area (Å²) in [5.41, 5.74) is 4.17. The fraction of sp³-hybridized carbons (Fsp3) is 0.727. The normalized spacial score (nSPS) is 10.8. The molecule has 0 aromatic rings. The number of nitrogens with two attached hydrogens (primary N) is 1. The molecule has 7 heteroatoms. The van der Waals surface area contributed by atoms with Gasteiger partial charge in [0.15, 0.2) is 0 Å². The van der Waals surface area contributed by atoms with Gasteiger partial charge < -0.3 is 21.5 Å². The molecule has 0 saturated heterocycles. The minimum absolute atomic E-state index is 0.151. The van der Waals surface area contributed by atoms with Gasteiger partial charge in [0.05, 0.1) is 6.42 Å². The standard InChI is InChI=1S/C11H21N3O4/c1-11(2,7-9(16)17)14-10(18)13-6-4-3-5-8(12)15/h3-7H2,1-2H3,(H2,12,15)(H,16,17)(H2,13,14,18). The summed E-state index contributed by atoms with van der Waals surface area (Å²) in [6.07, 6.45) is 1.42. The van der Waals surface area contributed by atoms with Crippen molar-refractivity contribution in [3.63, 3.8) is 0 Å². The Balaban J connectivity index is 3.77. The first-order valence-corrected chi connectivity index (χ1v) is 5.79. The van der Waals surface area contributed by atoms with Gasteiger partial charge in [0, 0.05) is 18.5 Å². The molecule has 0 aliphatic rings. The van der Waals surface area contributed by atoms with Gasteiger partial charge in [-0.05, 0) is 26.7 Å². The number of nitrogens with one attached hydrogen (secondary N) is 2. The Bertz CT molecular complexity index is 315. The zero-order valence-corrected chi connectivity index (χ0v) is 10.8. The number of carboxylic acids is 1. The van der Waals surface area contributed by atoms with Crippen molar-refractivity contribution >= 4 is 17.9 Å². The van der Waals surface area contributed by atoms with Crippen molar-refractivity contribution in [2.45, 2.75) is 45.1 Å². The van der Waals surface area contributed by atoms with Crippen LogP contribution in [0.1, 0.15) is 39.5 Å². The molecule has 0 aromatic carbocycles. The van der Waals surface area contributed by atoms with Crippen LogP contribution in [-0.2, 0) is 9.59 Å². The molecular formula is C11H21N3O4. The second kappa shape index (κ2) is 7.52. The molecule has 0 saturated carbocycles. The molecule has 0 aliphatic carbocycles. The highest BCUT2D eigenvalue weighted by Gasteiger charge is 2.23. The molecule has 0 rings (SSSR count). The van der Waals surface area contributed by atoms with Crippen molar-refractivity contribution in [3.05, 3.63) is 0 Å². The Kier molecular flexibility index (Phi) is 6.77. The van der Waals surface area contributed by atoms with Crippen LogP contribution in [-0.4, -0.2) is 35.1 Å². The number of hydrogen-bond donors (Lipinski definition) is 4. The van der Waals surface area contributed by atoms with E-state index in [-0.39, 0.29) is 12.3 Å². The van der Waals surface area contributed by atoms with Crippen LogP contribution in [0.25, 0.3) is 0 Å². The van der Waals surface area contributed by atoms with E-state index >= 15 is 0 Å². The molecule has 0 fully saturated rings. The van der Waals surface area contributed by atoms with Crippen molar-refractivity contribution in [3.8, 4) is 0 Å². The van der Waals surface area contributed by atoms with Gasteiger partial charge in [0.25, 0.3) is 0 Å². The van der Waals surface area contributed by atoms with Gasteiger partial charge in [-0.1, -0.05) is 0 Å². The van der Waals surface area contributed by atoms with Crippen LogP contribution in [0, 0.1) is 0 Å². The van der Waals surface area contributed by atoms with Gasteiger partial charge in [-0.15, -0.1) is 0 Å². The van der Waals surface area contributed by atoms with Gasteiger partial charge in [-0.2, -0.15) is 0 Å². The fourth-order valence-corrected chi connectivity index (χ4v) is 1.40. The first-order valence-electron chi connectivity index (χ1n) is 5.79. The molecule has 0 unspecified atom stereocenters. The Morgan fingerprint density at radius 1 is 1.22 bits per heavy atom. The Labute approximate surface area is 106 Å². The molecule has 0 aromatic heterocycles. The molecule has 0 spiro atoms. The summed E-state index contributed by atoms with van der Waals surface area (Å²) in [7, 11) is 0. The lowest BCUT2D eigenvalue weighted by molar-refractivity contribution is -0.138. The third kappa shape index (κ3) is 9.44. The maximum atomic E-state index is 11.4. The predicted octanol–water partition coefficient (Wildman–Crippen LogP) is 0.195. The highest BCUT2D eigenvalue weighted by molar-refractivity contribution is 5.76. The summed E-state index contributed by atoms with van der Waals surface area (Å²) in [4.78, 5) is 32.4. The molecule has 0 radical (unpaired) electrons. The van der Waals surface area contributed by atoms with Crippen LogP contribution in [0.3, 0.4) is 0 Å². The van der Waals surface area contributed by atoms with E-state index in [9.17, 15) is 14.4 Å². The second-order valence-corrected chi connectivity index (χ2v) is 4.76. The van der Waals surface area contributed by atoms with Crippen molar-refractivity contribution in [1.29, 1.82) is 0 Å². The number of hydrogen-bond acceptors (Lipinski definition) is 3. The van der Waals surface area contributed by atoms with E-state index in [1.54, 1.807) is 13.8 Å². The van der Waals surface area contributed by atoms with Crippen LogP contribution in [0.15, 0.2) is 0 Å². The average Bonchev–Trinajstić information content (AvgIpc) is 2.13. The summed E-state index contributed by atoms with van der Waals surface area (Å²) in [5, 5.41) is 13.8. The Morgan fingerprint density at radius 2 is 1.83 bits per heavy atom. The number of aliphatic carboxylic acids is 1. The highest BCUT2D eigenvalue weighted by Crippen LogP contribution is 2.07. The molecule has 0 atom stereocenters. The van der Waals surface area contributed by atoms with E-state index in [1.807, 2.05) is 0 Å². The van der Waals surface area contributed by atoms with E-state index in [1.165, 1.54) is 0 Å². The number of rotatable bonds is 8. The zero-order chi connectivity index (χ0) is 14.2. The number of urea groups is 1. The first-order chi connectivity index (χ1) is 8.23. The largest absolute Gasteiger partial charge is 0.481 e. The molecule has 0 aliphatic heterocycles. The SMILES string of the molecule is CC(C)(CC(=O)O)NC(=O)NCCCCC(N)=O. The number of unbranched alkanes of at least 4 members (excludes halogenated alkanes) is 1. The molecule has 0 bridgehead atoms. The van der Waals surface area contributed by atoms with Crippen LogP contribution >= 0.6 is 0 Å². The molecule has 5 N–H and O–H groups in total. The number of amides is 3. The predicted molar refractivity (Wildman–Crippen MR) is 65.9 cm³/mol. The van der Waals surface area contributed by atoms with Crippen LogP contribution in [0.5, 0.6) is 0 Å². The molecule has 3 amide bonds. The highest BCUT2D eigenvalue weighted by atomic mass is 16.4. The van der Waals surface area contributed by atoms with E-state index in [0.29, 0.717) is 25.8 Å². The van der Waals surface area contributed by atoms with Gasteiger partial charge >= 0.3 is 12.0 Å². The van der Waals surface area contributed by atoms with Crippen molar-refractivity contribution in [2.24, 2.45) is 5.73 Å². The number of primary amides is 1. The summed E-state index contributed by atoms with van der Waals surface area (Å²) >= 11 is 0. The summed E-state index contributed by atoms with van der Waals surface area (Å²) < 4.78 is 0. The van der Waals surface area contributed by atoms with Crippen molar-refractivity contribution < 1.29 is 19.5 Å². The topological polar surface area (TPSA) is 122 Å². The Hall–Kier alpha value is -1.79. The maximum absolute atomic E-state index is 11.4. The van der Waals surface area contributed by atoms with Gasteiger partial charge in [0.1, 0.15) is 0 Å². The lowest BCUT2D eigenvalue weighted by atomic mass is 10.0. The number of carboxylic acid groups (broad SMARTS) is 1. The van der Waals surface area contributed by atoms with Crippen molar-refractivity contribution in [2.75, 3.05) is 6.54 Å². The lowest BCUT2D eigenvalue weighted by Gasteiger charge is -2.24. The van der Waals surface area contributed by atoms with Crippen LogP contribution in [0.2, 0.25) is 0 Å². The van der Waals surface area contributed by atoms with Gasteiger partial charge in [0.2, 0.25) is 5.91 Å². The molecule has 104 valence electrons. The van der Waals surface area contributed by atoms with E-state index in [0.717, 1.165) is 0 Å². The monoisotopic (exact) mass is 259 g/mol. The Morgan fingerprint density at radius 3 is 2.33 bits per heavy atom. The lowest BCUT2D eigenvalue weighted by Crippen LogP contribution is -2.49. The van der Waals surface area contributed by atoms with Gasteiger partial charge in [-0.25, -0.2) is 4.79 Å². The second-order valence-electron chi connectivity index (χ2n) is 4.76. The molecule has 0 heterocycles. The summed E-state index contributed by atoms with van der Waals surface area (Å²) in [6.45, 7) is 3.68. The molecular weight excluding hydrogens is 238 g/mol. The van der Waals surface area contributed by atoms with E-state index in [2.05, 4.69) is 10.6 Å². The number of carbonyl (C=O) groups excluding carboxylic acids is 2. The van der Waals surface area contributed by atoms with E-state index < -0.39 is 17.5 Å². The smallest absolute Gasteiger partial charge is 0.315 e. The van der Waals surface area contributed by atoms with Gasteiger partial charge in [-0.3, -0.25) is 9.59 Å². The van der Waals surface area contributed by atoms with Crippen LogP contribution < -0.4 is 16.4 Å². The minimum atomic E-state index is -0.971. The van der Waals surface area contributed by atoms with E-state index in [4.69, 9.17) is 10.8 Å². The minimum Gasteiger partial charge on any atom is -0.481 e. The summed E-state index contributed by atoms with van der Waals surface area (Å²) in [6, 6.07) is -0.416. The maximum Gasteiger partial charge on any atom is 0.315 e. The first kappa shape index (κ1) is 16.2. The average molecular weight is 259 g/mol. The third-order valence-corrected chi connectivity index (χ3v) is 2.18. The van der Waals surface area contributed by atoms with Crippen molar-refractivity contribution in [1.82, 2.24) is 10.6 Å². The number of carbonyl (C=O) groups is 3. The summed E-state index contributed by atoms with van der Waals surface area (Å²) in [5.74, 6) is -1.33. The third-order valence-electron chi connectivity index (χ3n) is 2.18. The zero-order valence-electron chi connectivity index (χ0n) is 10.8. The van der Waals surface area contributed by atoms with Crippen LogP contribution in [0.4, 0.5) is 4.79 Å². The fourth-order valence-electron chi connectivity index (χ4n) is 1.40.